The Morgan fingerprint density at radius 2 is 1.84 bits per heavy atom. The van der Waals surface area contributed by atoms with Gasteiger partial charge in [-0.2, -0.15) is 0 Å². The average Bonchev–Trinajstić information content (AvgIpc) is 2.31. The van der Waals surface area contributed by atoms with Gasteiger partial charge in [0.15, 0.2) is 0 Å². The Kier molecular flexibility index (Phi) is 5.95. The minimum atomic E-state index is -0.125. The van der Waals surface area contributed by atoms with Crippen LogP contribution in [0.25, 0.3) is 0 Å². The molecule has 0 aliphatic heterocycles. The molecule has 0 spiro atoms. The third-order valence-electron chi connectivity index (χ3n) is 3.53. The summed E-state index contributed by atoms with van der Waals surface area (Å²) < 4.78 is 13.6. The molecule has 3 heteroatoms. The zero-order valence-electron chi connectivity index (χ0n) is 13.0. The largest absolute Gasteiger partial charge is 0.308 e. The summed E-state index contributed by atoms with van der Waals surface area (Å²) in [6.45, 7) is 9.29. The number of aryl methyl sites for hydroxylation is 1. The van der Waals surface area contributed by atoms with Crippen molar-refractivity contribution in [2.24, 2.45) is 5.92 Å². The summed E-state index contributed by atoms with van der Waals surface area (Å²) >= 11 is 0. The van der Waals surface area contributed by atoms with Crippen molar-refractivity contribution in [3.63, 3.8) is 0 Å². The third kappa shape index (κ3) is 4.92. The van der Waals surface area contributed by atoms with E-state index in [4.69, 9.17) is 0 Å². The molecule has 0 aliphatic rings. The van der Waals surface area contributed by atoms with Gasteiger partial charge < -0.3 is 10.2 Å². The molecule has 0 heterocycles. The maximum Gasteiger partial charge on any atom is 0.126 e. The molecule has 0 aromatic heterocycles. The molecule has 0 fully saturated rings. The van der Waals surface area contributed by atoms with Crippen molar-refractivity contribution in [3.05, 3.63) is 35.1 Å². The molecule has 0 saturated heterocycles. The summed E-state index contributed by atoms with van der Waals surface area (Å²) in [7, 11) is 4.15. The van der Waals surface area contributed by atoms with Crippen molar-refractivity contribution in [3.8, 4) is 0 Å². The smallest absolute Gasteiger partial charge is 0.126 e. The van der Waals surface area contributed by atoms with E-state index in [1.807, 2.05) is 12.1 Å². The van der Waals surface area contributed by atoms with E-state index in [1.54, 1.807) is 13.0 Å². The van der Waals surface area contributed by atoms with E-state index >= 15 is 0 Å². The summed E-state index contributed by atoms with van der Waals surface area (Å²) in [6.07, 6.45) is 0. The first-order valence-electron chi connectivity index (χ1n) is 6.98. The molecular weight excluding hydrogens is 239 g/mol. The fourth-order valence-corrected chi connectivity index (χ4v) is 2.15. The van der Waals surface area contributed by atoms with Crippen LogP contribution in [-0.2, 0) is 0 Å². The molecule has 1 N–H and O–H groups in total. The van der Waals surface area contributed by atoms with Gasteiger partial charge in [0, 0.05) is 18.6 Å². The van der Waals surface area contributed by atoms with E-state index in [-0.39, 0.29) is 11.9 Å². The maximum atomic E-state index is 13.6. The van der Waals surface area contributed by atoms with Gasteiger partial charge >= 0.3 is 0 Å². The summed E-state index contributed by atoms with van der Waals surface area (Å²) in [4.78, 5) is 2.18. The van der Waals surface area contributed by atoms with Crippen LogP contribution in [0.2, 0.25) is 0 Å². The lowest BCUT2D eigenvalue weighted by atomic mass is 10.00. The van der Waals surface area contributed by atoms with E-state index in [1.165, 1.54) is 0 Å². The lowest BCUT2D eigenvalue weighted by Gasteiger charge is -2.29. The van der Waals surface area contributed by atoms with E-state index in [9.17, 15) is 4.39 Å². The van der Waals surface area contributed by atoms with E-state index in [0.29, 0.717) is 17.5 Å². The van der Waals surface area contributed by atoms with Crippen LogP contribution in [0.3, 0.4) is 0 Å². The highest BCUT2D eigenvalue weighted by atomic mass is 19.1. The standard InChI is InChI=1S/C16H27FN2/c1-11(2)16(10-19(5)6)18-13(4)14-8-7-12(3)15(17)9-14/h7-9,11,13,16,18H,10H2,1-6H3. The molecule has 0 saturated carbocycles. The second-order valence-electron chi connectivity index (χ2n) is 6.01. The van der Waals surface area contributed by atoms with E-state index < -0.39 is 0 Å². The Balaban J connectivity index is 2.75. The van der Waals surface area contributed by atoms with Crippen LogP contribution in [0.4, 0.5) is 4.39 Å². The quantitative estimate of drug-likeness (QED) is 0.849. The van der Waals surface area contributed by atoms with Gasteiger partial charge in [-0.25, -0.2) is 4.39 Å². The fraction of sp³-hybridized carbons (Fsp3) is 0.625. The number of nitrogens with one attached hydrogen (secondary N) is 1. The summed E-state index contributed by atoms with van der Waals surface area (Å²) in [5.74, 6) is 0.417. The van der Waals surface area contributed by atoms with Crippen LogP contribution >= 0.6 is 0 Å². The first kappa shape index (κ1) is 16.1. The molecule has 1 rings (SSSR count). The number of likely N-dealkylation sites (N-methyl/N-ethyl adjacent to an activating group) is 1. The van der Waals surface area contributed by atoms with Crippen molar-refractivity contribution in [1.29, 1.82) is 0 Å². The van der Waals surface area contributed by atoms with Gasteiger partial charge in [-0.3, -0.25) is 0 Å². The number of rotatable bonds is 6. The molecule has 108 valence electrons. The number of hydrogen-bond donors (Lipinski definition) is 1. The lowest BCUT2D eigenvalue weighted by Crippen LogP contribution is -2.43. The highest BCUT2D eigenvalue weighted by Crippen LogP contribution is 2.18. The second-order valence-corrected chi connectivity index (χ2v) is 6.01. The predicted molar refractivity (Wildman–Crippen MR) is 79.9 cm³/mol. The highest BCUT2D eigenvalue weighted by molar-refractivity contribution is 5.25. The lowest BCUT2D eigenvalue weighted by molar-refractivity contribution is 0.273. The second kappa shape index (κ2) is 7.01. The Hall–Kier alpha value is -0.930. The Morgan fingerprint density at radius 1 is 1.21 bits per heavy atom. The van der Waals surface area contributed by atoms with E-state index in [2.05, 4.69) is 45.1 Å². The molecule has 0 radical (unpaired) electrons. The molecule has 0 aliphatic carbocycles. The average molecular weight is 266 g/mol. The first-order chi connectivity index (χ1) is 8.81. The van der Waals surface area contributed by atoms with Gasteiger partial charge in [0.2, 0.25) is 0 Å². The molecule has 0 bridgehead atoms. The van der Waals surface area contributed by atoms with Gasteiger partial charge in [0.1, 0.15) is 5.82 Å². The normalized spacial score (nSPS) is 15.0. The van der Waals surface area contributed by atoms with Gasteiger partial charge in [0.25, 0.3) is 0 Å². The van der Waals surface area contributed by atoms with Crippen LogP contribution < -0.4 is 5.32 Å². The van der Waals surface area contributed by atoms with Gasteiger partial charge in [0.05, 0.1) is 0 Å². The fourth-order valence-electron chi connectivity index (χ4n) is 2.15. The molecule has 1 aromatic carbocycles. The Bertz CT molecular complexity index is 402. The monoisotopic (exact) mass is 266 g/mol. The molecular formula is C16H27FN2. The number of benzene rings is 1. The Labute approximate surface area is 117 Å². The minimum absolute atomic E-state index is 0.125. The summed E-state index contributed by atoms with van der Waals surface area (Å²) in [6, 6.07) is 6.04. The number of hydrogen-bond acceptors (Lipinski definition) is 2. The zero-order chi connectivity index (χ0) is 14.6. The topological polar surface area (TPSA) is 15.3 Å². The SMILES string of the molecule is Cc1ccc(C(C)NC(CN(C)C)C(C)C)cc1F. The van der Waals surface area contributed by atoms with Crippen molar-refractivity contribution in [2.75, 3.05) is 20.6 Å². The van der Waals surface area contributed by atoms with Crippen molar-refractivity contribution in [1.82, 2.24) is 10.2 Å². The third-order valence-corrected chi connectivity index (χ3v) is 3.53. The molecule has 2 atom stereocenters. The summed E-state index contributed by atoms with van der Waals surface area (Å²) in [5, 5.41) is 3.60. The van der Waals surface area contributed by atoms with Crippen molar-refractivity contribution < 1.29 is 4.39 Å². The van der Waals surface area contributed by atoms with Crippen molar-refractivity contribution >= 4 is 0 Å². The van der Waals surface area contributed by atoms with Crippen LogP contribution in [0.15, 0.2) is 18.2 Å². The van der Waals surface area contributed by atoms with Crippen LogP contribution in [0.5, 0.6) is 0 Å². The van der Waals surface area contributed by atoms with Crippen molar-refractivity contribution in [2.45, 2.75) is 39.8 Å². The molecule has 0 amide bonds. The number of halogens is 1. The number of nitrogens with zero attached hydrogens (tertiary/aromatic N) is 1. The molecule has 2 unspecified atom stereocenters. The van der Waals surface area contributed by atoms with Crippen LogP contribution in [-0.4, -0.2) is 31.6 Å². The predicted octanol–water partition coefficient (Wildman–Crippen LogP) is 3.37. The maximum absolute atomic E-state index is 13.6. The first-order valence-corrected chi connectivity index (χ1v) is 6.98. The van der Waals surface area contributed by atoms with Gasteiger partial charge in [-0.15, -0.1) is 0 Å². The van der Waals surface area contributed by atoms with Crippen LogP contribution in [0, 0.1) is 18.7 Å². The molecule has 19 heavy (non-hydrogen) atoms. The molecule has 1 aromatic rings. The van der Waals surface area contributed by atoms with Gasteiger partial charge in [-0.1, -0.05) is 26.0 Å². The summed E-state index contributed by atoms with van der Waals surface area (Å²) in [5.41, 5.74) is 1.71. The van der Waals surface area contributed by atoms with Crippen LogP contribution in [0.1, 0.15) is 37.9 Å². The molecule has 2 nitrogen and oxygen atoms in total. The zero-order valence-corrected chi connectivity index (χ0v) is 13.0. The van der Waals surface area contributed by atoms with E-state index in [0.717, 1.165) is 12.1 Å². The minimum Gasteiger partial charge on any atom is -0.308 e. The van der Waals surface area contributed by atoms with Gasteiger partial charge in [-0.05, 0) is 51.1 Å². The highest BCUT2D eigenvalue weighted by Gasteiger charge is 2.18. The Morgan fingerprint density at radius 3 is 2.32 bits per heavy atom.